The third kappa shape index (κ3) is 3.64. The van der Waals surface area contributed by atoms with Crippen LogP contribution in [0.15, 0.2) is 24.3 Å². The third-order valence-corrected chi connectivity index (χ3v) is 4.09. The van der Waals surface area contributed by atoms with Gasteiger partial charge in [-0.05, 0) is 24.8 Å². The van der Waals surface area contributed by atoms with Crippen molar-refractivity contribution in [3.05, 3.63) is 35.4 Å². The number of ketones is 1. The van der Waals surface area contributed by atoms with Gasteiger partial charge in [-0.1, -0.05) is 37.5 Å². The number of hydrogen-bond acceptors (Lipinski definition) is 2. The van der Waals surface area contributed by atoms with Crippen LogP contribution in [0.4, 0.5) is 13.2 Å². The number of hydrogen-bond donors (Lipinski definition) is 0. The Balaban J connectivity index is 2.29. The highest BCUT2D eigenvalue weighted by Gasteiger charge is 2.38. The van der Waals surface area contributed by atoms with E-state index >= 15 is 0 Å². The Labute approximate surface area is 122 Å². The van der Waals surface area contributed by atoms with Gasteiger partial charge in [0.1, 0.15) is 6.10 Å². The van der Waals surface area contributed by atoms with Gasteiger partial charge in [0, 0.05) is 12.7 Å². The van der Waals surface area contributed by atoms with Gasteiger partial charge in [0.05, 0.1) is 5.56 Å². The molecule has 1 aliphatic rings. The van der Waals surface area contributed by atoms with Gasteiger partial charge in [-0.15, -0.1) is 0 Å². The molecule has 0 spiro atoms. The van der Waals surface area contributed by atoms with Gasteiger partial charge in [0.2, 0.25) is 0 Å². The smallest absolute Gasteiger partial charge is 0.373 e. The van der Waals surface area contributed by atoms with Crippen LogP contribution in [-0.2, 0) is 10.9 Å². The molecule has 0 saturated heterocycles. The van der Waals surface area contributed by atoms with E-state index in [1.165, 1.54) is 25.3 Å². The van der Waals surface area contributed by atoms with E-state index in [1.54, 1.807) is 0 Å². The van der Waals surface area contributed by atoms with Crippen LogP contribution in [0, 0.1) is 5.92 Å². The van der Waals surface area contributed by atoms with E-state index < -0.39 is 23.6 Å². The number of halogens is 3. The molecule has 0 aliphatic heterocycles. The Morgan fingerprint density at radius 1 is 1.19 bits per heavy atom. The first-order valence-corrected chi connectivity index (χ1v) is 7.18. The lowest BCUT2D eigenvalue weighted by Crippen LogP contribution is -2.34. The molecule has 1 fully saturated rings. The zero-order chi connectivity index (χ0) is 15.5. The second-order valence-electron chi connectivity index (χ2n) is 5.46. The van der Waals surface area contributed by atoms with Crippen molar-refractivity contribution < 1.29 is 22.7 Å². The summed E-state index contributed by atoms with van der Waals surface area (Å²) in [5.74, 6) is -0.546. The second-order valence-corrected chi connectivity index (χ2v) is 5.46. The molecule has 1 atom stereocenters. The zero-order valence-electron chi connectivity index (χ0n) is 12.0. The summed E-state index contributed by atoms with van der Waals surface area (Å²) in [5, 5.41) is 0. The Hall–Kier alpha value is -1.36. The number of benzene rings is 1. The van der Waals surface area contributed by atoms with E-state index in [-0.39, 0.29) is 11.5 Å². The Morgan fingerprint density at radius 3 is 2.38 bits per heavy atom. The fourth-order valence-corrected chi connectivity index (χ4v) is 3.05. The van der Waals surface area contributed by atoms with Crippen LogP contribution in [0.3, 0.4) is 0 Å². The molecule has 0 amide bonds. The average molecular weight is 300 g/mol. The minimum absolute atomic E-state index is 0.0116. The van der Waals surface area contributed by atoms with Crippen molar-refractivity contribution in [1.82, 2.24) is 0 Å². The zero-order valence-corrected chi connectivity index (χ0v) is 12.0. The molecule has 2 nitrogen and oxygen atoms in total. The molecule has 1 aliphatic carbocycles. The van der Waals surface area contributed by atoms with Gasteiger partial charge >= 0.3 is 6.18 Å². The van der Waals surface area contributed by atoms with E-state index in [2.05, 4.69) is 0 Å². The van der Waals surface area contributed by atoms with Gasteiger partial charge in [-0.25, -0.2) is 0 Å². The lowest BCUT2D eigenvalue weighted by molar-refractivity contribution is -0.138. The third-order valence-electron chi connectivity index (χ3n) is 4.09. The minimum Gasteiger partial charge on any atom is -0.373 e. The van der Waals surface area contributed by atoms with E-state index in [0.717, 1.165) is 38.2 Å². The quantitative estimate of drug-likeness (QED) is 0.766. The number of Topliss-reactive ketones (excluding diaryl/α,β-unsaturated/α-hetero) is 1. The fourth-order valence-electron chi connectivity index (χ4n) is 3.05. The minimum atomic E-state index is -4.53. The Bertz CT molecular complexity index is 491. The summed E-state index contributed by atoms with van der Waals surface area (Å²) in [6.07, 6.45) is -0.542. The Morgan fingerprint density at radius 2 is 1.81 bits per heavy atom. The van der Waals surface area contributed by atoms with Crippen molar-refractivity contribution in [3.8, 4) is 0 Å². The first-order chi connectivity index (χ1) is 9.95. The molecule has 5 heteroatoms. The molecule has 1 saturated carbocycles. The van der Waals surface area contributed by atoms with Crippen molar-refractivity contribution in [2.24, 2.45) is 5.92 Å². The van der Waals surface area contributed by atoms with E-state index in [1.807, 2.05) is 0 Å². The number of methoxy groups -OCH3 is 1. The maximum atomic E-state index is 13.0. The van der Waals surface area contributed by atoms with E-state index in [0.29, 0.717) is 0 Å². The van der Waals surface area contributed by atoms with Gasteiger partial charge in [0.25, 0.3) is 0 Å². The Kier molecular flexibility index (Phi) is 5.04. The summed E-state index contributed by atoms with van der Waals surface area (Å²) in [4.78, 5) is 12.5. The monoisotopic (exact) mass is 300 g/mol. The van der Waals surface area contributed by atoms with Crippen LogP contribution in [0.5, 0.6) is 0 Å². The molecule has 2 rings (SSSR count). The van der Waals surface area contributed by atoms with Gasteiger partial charge in [-0.2, -0.15) is 13.2 Å². The highest BCUT2D eigenvalue weighted by molar-refractivity contribution is 6.01. The van der Waals surface area contributed by atoms with Crippen molar-refractivity contribution in [1.29, 1.82) is 0 Å². The second kappa shape index (κ2) is 6.60. The molecule has 1 unspecified atom stereocenters. The van der Waals surface area contributed by atoms with Gasteiger partial charge in [-0.3, -0.25) is 4.79 Å². The summed E-state index contributed by atoms with van der Waals surface area (Å²) in [7, 11) is 1.40. The number of carbonyl (C=O) groups is 1. The fraction of sp³-hybridized carbons (Fsp3) is 0.562. The summed E-state index contributed by atoms with van der Waals surface area (Å²) < 4.78 is 44.3. The van der Waals surface area contributed by atoms with Crippen LogP contribution in [0.2, 0.25) is 0 Å². The molecule has 21 heavy (non-hydrogen) atoms. The molecule has 0 heterocycles. The standard InChI is InChI=1S/C16H19F3O2/c1-21-15(11-7-3-2-4-8-11)14(20)12-9-5-6-10-13(12)16(17,18)19/h5-6,9-11,15H,2-4,7-8H2,1H3. The predicted molar refractivity (Wildman–Crippen MR) is 73.1 cm³/mol. The first kappa shape index (κ1) is 16.0. The molecule has 1 aromatic rings. The molecule has 116 valence electrons. The van der Waals surface area contributed by atoms with Crippen molar-refractivity contribution >= 4 is 5.78 Å². The molecule has 0 N–H and O–H groups in total. The van der Waals surface area contributed by atoms with Gasteiger partial charge in [0.15, 0.2) is 5.78 Å². The van der Waals surface area contributed by atoms with Gasteiger partial charge < -0.3 is 4.74 Å². The van der Waals surface area contributed by atoms with Crippen LogP contribution in [-0.4, -0.2) is 19.0 Å². The number of rotatable bonds is 4. The van der Waals surface area contributed by atoms with Crippen molar-refractivity contribution in [2.45, 2.75) is 44.4 Å². The van der Waals surface area contributed by atoms with Crippen LogP contribution >= 0.6 is 0 Å². The van der Waals surface area contributed by atoms with Crippen molar-refractivity contribution in [2.75, 3.05) is 7.11 Å². The molecular weight excluding hydrogens is 281 g/mol. The molecule has 0 aromatic heterocycles. The molecular formula is C16H19F3O2. The largest absolute Gasteiger partial charge is 0.417 e. The van der Waals surface area contributed by atoms with Crippen LogP contribution < -0.4 is 0 Å². The maximum absolute atomic E-state index is 13.0. The highest BCUT2D eigenvalue weighted by atomic mass is 19.4. The van der Waals surface area contributed by atoms with Crippen LogP contribution in [0.1, 0.15) is 48.0 Å². The lowest BCUT2D eigenvalue weighted by atomic mass is 9.82. The highest BCUT2D eigenvalue weighted by Crippen LogP contribution is 2.35. The summed E-state index contributed by atoms with van der Waals surface area (Å²) >= 11 is 0. The van der Waals surface area contributed by atoms with Crippen LogP contribution in [0.25, 0.3) is 0 Å². The maximum Gasteiger partial charge on any atom is 0.417 e. The van der Waals surface area contributed by atoms with Crippen molar-refractivity contribution in [3.63, 3.8) is 0 Å². The number of ether oxygens (including phenoxy) is 1. The summed E-state index contributed by atoms with van der Waals surface area (Å²) in [6, 6.07) is 4.93. The number of carbonyl (C=O) groups excluding carboxylic acids is 1. The first-order valence-electron chi connectivity index (χ1n) is 7.18. The molecule has 0 radical (unpaired) electrons. The van der Waals surface area contributed by atoms with E-state index in [4.69, 9.17) is 4.74 Å². The topological polar surface area (TPSA) is 26.3 Å². The summed E-state index contributed by atoms with van der Waals surface area (Å²) in [5.41, 5.74) is -1.17. The SMILES string of the molecule is COC(C(=O)c1ccccc1C(F)(F)F)C1CCCCC1. The summed E-state index contributed by atoms with van der Waals surface area (Å²) in [6.45, 7) is 0. The number of alkyl halides is 3. The molecule has 1 aromatic carbocycles. The normalized spacial score (nSPS) is 18.5. The lowest BCUT2D eigenvalue weighted by Gasteiger charge is -2.28. The molecule has 0 bridgehead atoms. The predicted octanol–water partition coefficient (Wildman–Crippen LogP) is 4.48. The van der Waals surface area contributed by atoms with E-state index in [9.17, 15) is 18.0 Å². The average Bonchev–Trinajstić information content (AvgIpc) is 2.48.